The molecule has 4 nitrogen and oxygen atoms in total. The van der Waals surface area contributed by atoms with E-state index < -0.39 is 0 Å². The molecule has 2 rings (SSSR count). The van der Waals surface area contributed by atoms with E-state index in [1.807, 2.05) is 0 Å². The summed E-state index contributed by atoms with van der Waals surface area (Å²) < 4.78 is 0. The minimum Gasteiger partial charge on any atom is -0.350 e. The second kappa shape index (κ2) is 7.10. The summed E-state index contributed by atoms with van der Waals surface area (Å²) in [5.74, 6) is 0.179. The van der Waals surface area contributed by atoms with Gasteiger partial charge in [0.2, 0.25) is 5.91 Å². The average molecular weight is 304 g/mol. The average Bonchev–Trinajstić information content (AvgIpc) is 2.72. The summed E-state index contributed by atoms with van der Waals surface area (Å²) in [5, 5.41) is 6.56. The highest BCUT2D eigenvalue weighted by Gasteiger charge is 2.39. The van der Waals surface area contributed by atoms with Crippen LogP contribution in [0.2, 0.25) is 0 Å². The number of amides is 1. The fourth-order valence-electron chi connectivity index (χ4n) is 3.24. The number of hydrogen-bond acceptors (Lipinski definition) is 3. The van der Waals surface area contributed by atoms with Crippen molar-refractivity contribution in [1.29, 1.82) is 0 Å². The minimum atomic E-state index is -0.0801. The van der Waals surface area contributed by atoms with Gasteiger partial charge in [-0.2, -0.15) is 0 Å². The molecule has 2 aliphatic rings. The molecule has 2 saturated heterocycles. The van der Waals surface area contributed by atoms with Crippen molar-refractivity contribution in [2.75, 3.05) is 32.7 Å². The first-order valence-electron chi connectivity index (χ1n) is 7.69. The molecule has 0 bridgehead atoms. The molecule has 2 aliphatic heterocycles. The van der Waals surface area contributed by atoms with E-state index >= 15 is 0 Å². The molecule has 1 spiro atoms. The summed E-state index contributed by atoms with van der Waals surface area (Å²) >= 11 is 0. The molecule has 2 N–H and O–H groups in total. The molecule has 0 saturated carbocycles. The van der Waals surface area contributed by atoms with Crippen LogP contribution in [0.4, 0.5) is 0 Å². The summed E-state index contributed by atoms with van der Waals surface area (Å²) in [6.45, 7) is 11.3. The fourth-order valence-corrected chi connectivity index (χ4v) is 3.24. The van der Waals surface area contributed by atoms with Crippen molar-refractivity contribution in [1.82, 2.24) is 15.5 Å². The van der Waals surface area contributed by atoms with E-state index in [0.717, 1.165) is 32.6 Å². The summed E-state index contributed by atoms with van der Waals surface area (Å²) in [6, 6.07) is 0. The molecule has 0 aromatic rings. The quantitative estimate of drug-likeness (QED) is 0.832. The van der Waals surface area contributed by atoms with Gasteiger partial charge in [-0.3, -0.25) is 9.69 Å². The third-order valence-corrected chi connectivity index (χ3v) is 4.91. The van der Waals surface area contributed by atoms with Crippen molar-refractivity contribution in [3.05, 3.63) is 0 Å². The van der Waals surface area contributed by atoms with Crippen molar-refractivity contribution in [2.24, 2.45) is 5.41 Å². The third-order valence-electron chi connectivity index (χ3n) is 4.91. The first kappa shape index (κ1) is 17.7. The van der Waals surface area contributed by atoms with E-state index in [-0.39, 0.29) is 23.9 Å². The van der Waals surface area contributed by atoms with Gasteiger partial charge in [0.15, 0.2) is 0 Å². The SMILES string of the molecule is CCC(C)(C)NC(=O)CN1CCC2(CCNCC2)C1.Cl. The maximum Gasteiger partial charge on any atom is 0.234 e. The van der Waals surface area contributed by atoms with Gasteiger partial charge >= 0.3 is 0 Å². The van der Waals surface area contributed by atoms with Crippen LogP contribution in [0.25, 0.3) is 0 Å². The van der Waals surface area contributed by atoms with Gasteiger partial charge < -0.3 is 10.6 Å². The van der Waals surface area contributed by atoms with Crippen molar-refractivity contribution in [2.45, 2.75) is 52.0 Å². The molecule has 20 heavy (non-hydrogen) atoms. The van der Waals surface area contributed by atoms with Crippen LogP contribution in [0.5, 0.6) is 0 Å². The van der Waals surface area contributed by atoms with Gasteiger partial charge in [0, 0.05) is 12.1 Å². The van der Waals surface area contributed by atoms with E-state index in [1.54, 1.807) is 0 Å². The van der Waals surface area contributed by atoms with Gasteiger partial charge in [0.25, 0.3) is 0 Å². The number of carbonyl (C=O) groups is 1. The number of carbonyl (C=O) groups excluding carboxylic acids is 1. The fraction of sp³-hybridized carbons (Fsp3) is 0.933. The first-order chi connectivity index (χ1) is 8.95. The van der Waals surface area contributed by atoms with E-state index in [9.17, 15) is 4.79 Å². The van der Waals surface area contributed by atoms with Crippen LogP contribution in [0.1, 0.15) is 46.5 Å². The number of hydrogen-bond donors (Lipinski definition) is 2. The molecule has 2 fully saturated rings. The first-order valence-corrected chi connectivity index (χ1v) is 7.69. The van der Waals surface area contributed by atoms with E-state index in [4.69, 9.17) is 0 Å². The molecular formula is C15H30ClN3O. The standard InChI is InChI=1S/C15H29N3O.ClH/c1-4-14(2,3)17-13(19)11-18-10-7-15(12-18)5-8-16-9-6-15;/h16H,4-12H2,1-3H3,(H,17,19);1H. The zero-order chi connectivity index (χ0) is 13.9. The Morgan fingerprint density at radius 1 is 1.30 bits per heavy atom. The van der Waals surface area contributed by atoms with Gasteiger partial charge in [0.1, 0.15) is 0 Å². The molecular weight excluding hydrogens is 274 g/mol. The number of halogens is 1. The Kier molecular flexibility index (Phi) is 6.29. The largest absolute Gasteiger partial charge is 0.350 e. The van der Waals surface area contributed by atoms with Crippen LogP contribution in [0, 0.1) is 5.41 Å². The second-order valence-electron chi connectivity index (χ2n) is 7.00. The van der Waals surface area contributed by atoms with E-state index in [1.165, 1.54) is 19.3 Å². The maximum atomic E-state index is 12.1. The molecule has 0 atom stereocenters. The summed E-state index contributed by atoms with van der Waals surface area (Å²) in [5.41, 5.74) is 0.412. The Balaban J connectivity index is 0.00000200. The van der Waals surface area contributed by atoms with Crippen molar-refractivity contribution < 1.29 is 4.79 Å². The lowest BCUT2D eigenvalue weighted by atomic mass is 9.78. The third kappa shape index (κ3) is 4.61. The second-order valence-corrected chi connectivity index (χ2v) is 7.00. The monoisotopic (exact) mass is 303 g/mol. The Labute approximate surface area is 129 Å². The zero-order valence-corrected chi connectivity index (χ0v) is 13.9. The number of nitrogens with zero attached hydrogens (tertiary/aromatic N) is 1. The zero-order valence-electron chi connectivity index (χ0n) is 13.1. The Morgan fingerprint density at radius 3 is 2.55 bits per heavy atom. The molecule has 118 valence electrons. The normalized spacial score (nSPS) is 22.6. The van der Waals surface area contributed by atoms with Crippen LogP contribution in [0.15, 0.2) is 0 Å². The van der Waals surface area contributed by atoms with Gasteiger partial charge in [-0.15, -0.1) is 12.4 Å². The van der Waals surface area contributed by atoms with Crippen molar-refractivity contribution >= 4 is 18.3 Å². The van der Waals surface area contributed by atoms with Gasteiger partial charge in [-0.1, -0.05) is 6.92 Å². The topological polar surface area (TPSA) is 44.4 Å². The predicted octanol–water partition coefficient (Wildman–Crippen LogP) is 1.79. The molecule has 1 amide bonds. The summed E-state index contributed by atoms with van der Waals surface area (Å²) in [7, 11) is 0. The highest BCUT2D eigenvalue weighted by atomic mass is 35.5. The smallest absolute Gasteiger partial charge is 0.234 e. The minimum absolute atomic E-state index is 0. The van der Waals surface area contributed by atoms with Crippen molar-refractivity contribution in [3.63, 3.8) is 0 Å². The van der Waals surface area contributed by atoms with Gasteiger partial charge in [0.05, 0.1) is 6.54 Å². The van der Waals surface area contributed by atoms with Gasteiger partial charge in [-0.25, -0.2) is 0 Å². The van der Waals surface area contributed by atoms with Gasteiger partial charge in [-0.05, 0) is 64.6 Å². The Morgan fingerprint density at radius 2 is 1.95 bits per heavy atom. The highest BCUT2D eigenvalue weighted by molar-refractivity contribution is 5.85. The molecule has 0 aromatic carbocycles. The Bertz CT molecular complexity index is 327. The van der Waals surface area contributed by atoms with E-state index in [2.05, 4.69) is 36.3 Å². The number of nitrogens with one attached hydrogen (secondary N) is 2. The highest BCUT2D eigenvalue weighted by Crippen LogP contribution is 2.38. The van der Waals surface area contributed by atoms with Crippen LogP contribution in [-0.4, -0.2) is 49.1 Å². The number of piperidine rings is 1. The summed E-state index contributed by atoms with van der Waals surface area (Å²) in [4.78, 5) is 14.4. The van der Waals surface area contributed by atoms with E-state index in [0.29, 0.717) is 12.0 Å². The lowest BCUT2D eigenvalue weighted by Gasteiger charge is -2.34. The number of likely N-dealkylation sites (tertiary alicyclic amines) is 1. The van der Waals surface area contributed by atoms with Crippen LogP contribution < -0.4 is 10.6 Å². The number of rotatable bonds is 4. The molecule has 0 aliphatic carbocycles. The molecule has 5 heteroatoms. The van der Waals surface area contributed by atoms with Crippen LogP contribution >= 0.6 is 12.4 Å². The van der Waals surface area contributed by atoms with Crippen LogP contribution in [-0.2, 0) is 4.79 Å². The molecule has 2 heterocycles. The van der Waals surface area contributed by atoms with Crippen LogP contribution in [0.3, 0.4) is 0 Å². The summed E-state index contributed by atoms with van der Waals surface area (Å²) in [6.07, 6.45) is 4.77. The molecule has 0 aromatic heterocycles. The molecule has 0 unspecified atom stereocenters. The maximum absolute atomic E-state index is 12.1. The Hall–Kier alpha value is -0.320. The lowest BCUT2D eigenvalue weighted by Crippen LogP contribution is -2.47. The predicted molar refractivity (Wildman–Crippen MR) is 85.4 cm³/mol. The van der Waals surface area contributed by atoms with Crippen molar-refractivity contribution in [3.8, 4) is 0 Å². The lowest BCUT2D eigenvalue weighted by molar-refractivity contribution is -0.123. The molecule has 0 radical (unpaired) electrons.